The molecule has 3 aromatic carbocycles. The number of fused-ring (bicyclic) bond motifs is 1. The van der Waals surface area contributed by atoms with E-state index < -0.39 is 29.4 Å². The van der Waals surface area contributed by atoms with Crippen LogP contribution in [0.25, 0.3) is 11.1 Å². The molecule has 0 fully saturated rings. The molecule has 1 heterocycles. The molecule has 1 aliphatic heterocycles. The first-order valence-electron chi connectivity index (χ1n) is 9.74. The van der Waals surface area contributed by atoms with E-state index in [-0.39, 0.29) is 41.0 Å². The number of aliphatic hydroxyl groups is 2. The van der Waals surface area contributed by atoms with Crippen LogP contribution in [0.15, 0.2) is 66.7 Å². The molecule has 0 saturated carbocycles. The minimum Gasteiger partial charge on any atom is -0.490 e. The Hall–Kier alpha value is -3.36. The van der Waals surface area contributed by atoms with Crippen LogP contribution in [0.3, 0.4) is 0 Å². The van der Waals surface area contributed by atoms with E-state index in [9.17, 15) is 33.3 Å². The standard InChI is InChI=1S/C24H19F3O5/c25-24(26,27)16-7-9-17(22(29)30)19(11-16)15-6-8-18-20(10-15)32-13-23(31,21(18)28)12-14-4-2-1-3-5-14/h1-11,21,28,31H,12-13H2,(H,29,30)/t21-,23-/m1/s1. The van der Waals surface area contributed by atoms with Crippen LogP contribution in [0, 0.1) is 0 Å². The molecule has 0 spiro atoms. The Balaban J connectivity index is 1.71. The summed E-state index contributed by atoms with van der Waals surface area (Å²) in [4.78, 5) is 11.6. The second-order valence-corrected chi connectivity index (χ2v) is 7.77. The van der Waals surface area contributed by atoms with Gasteiger partial charge >= 0.3 is 12.1 Å². The summed E-state index contributed by atoms with van der Waals surface area (Å²) in [6, 6.07) is 15.7. The topological polar surface area (TPSA) is 87.0 Å². The quantitative estimate of drug-likeness (QED) is 0.553. The lowest BCUT2D eigenvalue weighted by molar-refractivity contribution is -0.137. The van der Waals surface area contributed by atoms with E-state index in [4.69, 9.17) is 4.74 Å². The van der Waals surface area contributed by atoms with Gasteiger partial charge in [0.1, 0.15) is 24.1 Å². The first-order valence-corrected chi connectivity index (χ1v) is 9.74. The minimum absolute atomic E-state index is 0.127. The van der Waals surface area contributed by atoms with Gasteiger partial charge in [-0.05, 0) is 41.0 Å². The number of carboxylic acids is 1. The first-order chi connectivity index (χ1) is 15.1. The van der Waals surface area contributed by atoms with E-state index in [0.29, 0.717) is 0 Å². The number of aromatic carboxylic acids is 1. The molecule has 0 amide bonds. The fourth-order valence-corrected chi connectivity index (χ4v) is 3.87. The summed E-state index contributed by atoms with van der Waals surface area (Å²) in [5.41, 5.74) is -1.75. The Kier molecular flexibility index (Phi) is 5.44. The molecule has 0 saturated heterocycles. The number of carboxylic acid groups (broad SMARTS) is 1. The Morgan fingerprint density at radius 1 is 1.06 bits per heavy atom. The van der Waals surface area contributed by atoms with E-state index in [1.807, 2.05) is 30.3 Å². The summed E-state index contributed by atoms with van der Waals surface area (Å²) in [5, 5.41) is 31.2. The van der Waals surface area contributed by atoms with Crippen LogP contribution in [0.5, 0.6) is 5.75 Å². The van der Waals surface area contributed by atoms with Gasteiger partial charge in [0, 0.05) is 12.0 Å². The summed E-state index contributed by atoms with van der Waals surface area (Å²) in [5.74, 6) is -1.20. The fourth-order valence-electron chi connectivity index (χ4n) is 3.87. The van der Waals surface area contributed by atoms with Gasteiger partial charge in [0.15, 0.2) is 0 Å². The third-order valence-electron chi connectivity index (χ3n) is 5.54. The van der Waals surface area contributed by atoms with Crippen molar-refractivity contribution in [2.75, 3.05) is 6.61 Å². The number of carbonyl (C=O) groups is 1. The van der Waals surface area contributed by atoms with Gasteiger partial charge in [-0.25, -0.2) is 4.79 Å². The van der Waals surface area contributed by atoms with Gasteiger partial charge < -0.3 is 20.1 Å². The number of hydrogen-bond acceptors (Lipinski definition) is 4. The molecule has 8 heteroatoms. The van der Waals surface area contributed by atoms with Crippen molar-refractivity contribution in [3.8, 4) is 16.9 Å². The largest absolute Gasteiger partial charge is 0.490 e. The number of halogens is 3. The predicted molar refractivity (Wildman–Crippen MR) is 109 cm³/mol. The van der Waals surface area contributed by atoms with Crippen molar-refractivity contribution >= 4 is 5.97 Å². The summed E-state index contributed by atoms with van der Waals surface area (Å²) in [6.07, 6.45) is -5.81. The maximum absolute atomic E-state index is 13.2. The number of hydrogen-bond donors (Lipinski definition) is 3. The lowest BCUT2D eigenvalue weighted by Gasteiger charge is -2.38. The summed E-state index contributed by atoms with van der Waals surface area (Å²) in [6.45, 7) is -0.242. The smallest absolute Gasteiger partial charge is 0.416 e. The van der Waals surface area contributed by atoms with Crippen molar-refractivity contribution in [3.05, 3.63) is 89.0 Å². The van der Waals surface area contributed by atoms with Gasteiger partial charge in [-0.1, -0.05) is 42.5 Å². The molecule has 5 nitrogen and oxygen atoms in total. The number of aliphatic hydroxyl groups excluding tert-OH is 1. The van der Waals surface area contributed by atoms with Crippen molar-refractivity contribution in [3.63, 3.8) is 0 Å². The minimum atomic E-state index is -4.64. The molecule has 0 unspecified atom stereocenters. The number of rotatable bonds is 4. The lowest BCUT2D eigenvalue weighted by atomic mass is 9.83. The molecule has 2 atom stereocenters. The number of benzene rings is 3. The molecule has 3 aromatic rings. The highest BCUT2D eigenvalue weighted by Gasteiger charge is 2.43. The lowest BCUT2D eigenvalue weighted by Crippen LogP contribution is -2.47. The van der Waals surface area contributed by atoms with Crippen molar-refractivity contribution < 1.29 is 38.0 Å². The van der Waals surface area contributed by atoms with Gasteiger partial charge in [0.05, 0.1) is 11.1 Å². The zero-order valence-corrected chi connectivity index (χ0v) is 16.6. The maximum Gasteiger partial charge on any atom is 0.416 e. The Labute approximate surface area is 181 Å². The molecule has 4 rings (SSSR count). The van der Waals surface area contributed by atoms with E-state index in [2.05, 4.69) is 0 Å². The van der Waals surface area contributed by atoms with Crippen LogP contribution in [-0.2, 0) is 12.6 Å². The van der Waals surface area contributed by atoms with Crippen LogP contribution in [0.1, 0.15) is 33.2 Å². The van der Waals surface area contributed by atoms with E-state index in [1.54, 1.807) is 0 Å². The molecular weight excluding hydrogens is 425 g/mol. The summed E-state index contributed by atoms with van der Waals surface area (Å²) in [7, 11) is 0. The average molecular weight is 444 g/mol. The molecular formula is C24H19F3O5. The molecule has 0 aromatic heterocycles. The van der Waals surface area contributed by atoms with Gasteiger partial charge in [-0.2, -0.15) is 13.2 Å². The van der Waals surface area contributed by atoms with Crippen molar-refractivity contribution in [2.45, 2.75) is 24.3 Å². The van der Waals surface area contributed by atoms with Crippen LogP contribution in [-0.4, -0.2) is 33.5 Å². The average Bonchev–Trinajstić information content (AvgIpc) is 2.76. The van der Waals surface area contributed by atoms with Crippen molar-refractivity contribution in [2.24, 2.45) is 0 Å². The van der Waals surface area contributed by atoms with Crippen LogP contribution in [0.2, 0.25) is 0 Å². The highest BCUT2D eigenvalue weighted by molar-refractivity contribution is 5.96. The Bertz CT molecular complexity index is 1160. The number of alkyl halides is 3. The Morgan fingerprint density at radius 2 is 1.78 bits per heavy atom. The van der Waals surface area contributed by atoms with Crippen LogP contribution >= 0.6 is 0 Å². The van der Waals surface area contributed by atoms with Gasteiger partial charge in [-0.15, -0.1) is 0 Å². The van der Waals surface area contributed by atoms with Gasteiger partial charge in [0.25, 0.3) is 0 Å². The third-order valence-corrected chi connectivity index (χ3v) is 5.54. The molecule has 0 bridgehead atoms. The fraction of sp³-hybridized carbons (Fsp3) is 0.208. The Morgan fingerprint density at radius 3 is 2.44 bits per heavy atom. The second kappa shape index (κ2) is 7.96. The highest BCUT2D eigenvalue weighted by atomic mass is 19.4. The van der Waals surface area contributed by atoms with E-state index in [0.717, 1.165) is 23.8 Å². The second-order valence-electron chi connectivity index (χ2n) is 7.77. The molecule has 166 valence electrons. The maximum atomic E-state index is 13.2. The molecule has 1 aliphatic rings. The molecule has 0 aliphatic carbocycles. The normalized spacial score (nSPS) is 20.3. The third kappa shape index (κ3) is 4.06. The molecule has 32 heavy (non-hydrogen) atoms. The molecule has 3 N–H and O–H groups in total. The van der Waals surface area contributed by atoms with Gasteiger partial charge in [0.2, 0.25) is 0 Å². The monoisotopic (exact) mass is 444 g/mol. The zero-order chi connectivity index (χ0) is 23.1. The molecule has 0 radical (unpaired) electrons. The van der Waals surface area contributed by atoms with E-state index >= 15 is 0 Å². The zero-order valence-electron chi connectivity index (χ0n) is 16.6. The highest BCUT2D eigenvalue weighted by Crippen LogP contribution is 2.42. The van der Waals surface area contributed by atoms with Crippen molar-refractivity contribution in [1.82, 2.24) is 0 Å². The van der Waals surface area contributed by atoms with Crippen LogP contribution in [0.4, 0.5) is 13.2 Å². The summed E-state index contributed by atoms with van der Waals surface area (Å²) < 4.78 is 45.2. The predicted octanol–water partition coefficient (Wildman–Crippen LogP) is 4.47. The number of ether oxygens (including phenoxy) is 1. The van der Waals surface area contributed by atoms with Crippen molar-refractivity contribution in [1.29, 1.82) is 0 Å². The first kappa shape index (κ1) is 21.9. The SMILES string of the molecule is O=C(O)c1ccc(C(F)(F)F)cc1-c1ccc2c(c1)OC[C@](O)(Cc1ccccc1)[C@@H]2O. The van der Waals surface area contributed by atoms with Crippen LogP contribution < -0.4 is 4.74 Å². The van der Waals surface area contributed by atoms with E-state index in [1.165, 1.54) is 18.2 Å². The van der Waals surface area contributed by atoms with Gasteiger partial charge in [-0.3, -0.25) is 0 Å². The summed E-state index contributed by atoms with van der Waals surface area (Å²) >= 11 is 0.